The van der Waals surface area contributed by atoms with Crippen LogP contribution in [-0.2, 0) is 6.42 Å². The van der Waals surface area contributed by atoms with Crippen molar-refractivity contribution in [3.63, 3.8) is 0 Å². The highest BCUT2D eigenvalue weighted by atomic mass is 16.3. The molecule has 0 spiro atoms. The van der Waals surface area contributed by atoms with E-state index in [1.807, 2.05) is 12.1 Å². The molecular formula is C17H19NO. The van der Waals surface area contributed by atoms with Gasteiger partial charge in [-0.1, -0.05) is 44.2 Å². The molecule has 2 heteroatoms. The van der Waals surface area contributed by atoms with E-state index in [2.05, 4.69) is 49.5 Å². The summed E-state index contributed by atoms with van der Waals surface area (Å²) in [5, 5.41) is 5.84. The van der Waals surface area contributed by atoms with Crippen molar-refractivity contribution in [3.05, 3.63) is 48.0 Å². The van der Waals surface area contributed by atoms with Crippen LogP contribution in [0.3, 0.4) is 0 Å². The fourth-order valence-corrected chi connectivity index (χ4v) is 2.43. The second kappa shape index (κ2) is 5.06. The van der Waals surface area contributed by atoms with E-state index in [-0.39, 0.29) is 0 Å². The van der Waals surface area contributed by atoms with Crippen molar-refractivity contribution >= 4 is 21.9 Å². The summed E-state index contributed by atoms with van der Waals surface area (Å²) >= 11 is 0. The molecule has 0 aliphatic heterocycles. The summed E-state index contributed by atoms with van der Waals surface area (Å²) < 4.78 is 5.90. The smallest absolute Gasteiger partial charge is 0.135 e. The molecule has 2 aromatic carbocycles. The largest absolute Gasteiger partial charge is 0.456 e. The van der Waals surface area contributed by atoms with Gasteiger partial charge in [-0.2, -0.15) is 0 Å². The predicted octanol–water partition coefficient (Wildman–Crippen LogP) is 4.13. The molecule has 1 N–H and O–H groups in total. The third-order valence-corrected chi connectivity index (χ3v) is 3.41. The topological polar surface area (TPSA) is 25.2 Å². The van der Waals surface area contributed by atoms with Gasteiger partial charge in [0, 0.05) is 16.8 Å². The third kappa shape index (κ3) is 2.49. The average molecular weight is 253 g/mol. The molecule has 1 aromatic heterocycles. The summed E-state index contributed by atoms with van der Waals surface area (Å²) in [5.74, 6) is 0. The average Bonchev–Trinajstić information content (AvgIpc) is 2.76. The zero-order valence-electron chi connectivity index (χ0n) is 11.4. The number of hydrogen-bond acceptors (Lipinski definition) is 2. The summed E-state index contributed by atoms with van der Waals surface area (Å²) in [5.41, 5.74) is 3.28. The van der Waals surface area contributed by atoms with E-state index in [1.54, 1.807) is 0 Å². The number of nitrogens with one attached hydrogen (secondary N) is 1. The maximum absolute atomic E-state index is 5.90. The minimum atomic E-state index is 0.537. The normalized spacial score (nSPS) is 11.7. The molecule has 0 aliphatic rings. The standard InChI is InChI=1S/C17H19NO/c1-12(2)18-10-9-13-7-8-15-14-5-3-4-6-16(14)19-17(15)11-13/h3-8,11-12,18H,9-10H2,1-2H3. The first-order chi connectivity index (χ1) is 9.24. The molecule has 0 atom stereocenters. The Bertz CT molecular complexity index is 697. The van der Waals surface area contributed by atoms with Gasteiger partial charge in [-0.15, -0.1) is 0 Å². The van der Waals surface area contributed by atoms with Crippen LogP contribution < -0.4 is 5.32 Å². The van der Waals surface area contributed by atoms with Gasteiger partial charge in [0.1, 0.15) is 11.2 Å². The van der Waals surface area contributed by atoms with Crippen molar-refractivity contribution in [2.24, 2.45) is 0 Å². The summed E-state index contributed by atoms with van der Waals surface area (Å²) in [6, 6.07) is 15.3. The Balaban J connectivity index is 1.90. The van der Waals surface area contributed by atoms with E-state index in [0.29, 0.717) is 6.04 Å². The van der Waals surface area contributed by atoms with Crippen LogP contribution in [0, 0.1) is 0 Å². The van der Waals surface area contributed by atoms with E-state index >= 15 is 0 Å². The Morgan fingerprint density at radius 3 is 2.63 bits per heavy atom. The van der Waals surface area contributed by atoms with Crippen LogP contribution >= 0.6 is 0 Å². The van der Waals surface area contributed by atoms with Crippen LogP contribution in [0.4, 0.5) is 0 Å². The van der Waals surface area contributed by atoms with Crippen LogP contribution in [0.25, 0.3) is 21.9 Å². The van der Waals surface area contributed by atoms with Crippen molar-refractivity contribution in [1.82, 2.24) is 5.32 Å². The van der Waals surface area contributed by atoms with Crippen LogP contribution in [-0.4, -0.2) is 12.6 Å². The Labute approximate surface area is 113 Å². The van der Waals surface area contributed by atoms with E-state index < -0.39 is 0 Å². The van der Waals surface area contributed by atoms with Crippen LogP contribution in [0.2, 0.25) is 0 Å². The second-order valence-electron chi connectivity index (χ2n) is 5.29. The number of benzene rings is 2. The maximum atomic E-state index is 5.90. The van der Waals surface area contributed by atoms with Gasteiger partial charge in [0.25, 0.3) is 0 Å². The van der Waals surface area contributed by atoms with Crippen LogP contribution in [0.15, 0.2) is 46.9 Å². The lowest BCUT2D eigenvalue weighted by Crippen LogP contribution is -2.24. The Morgan fingerprint density at radius 1 is 1.00 bits per heavy atom. The molecule has 0 saturated carbocycles. The molecule has 0 saturated heterocycles. The molecule has 0 amide bonds. The highest BCUT2D eigenvalue weighted by molar-refractivity contribution is 6.04. The van der Waals surface area contributed by atoms with Crippen molar-refractivity contribution < 1.29 is 4.42 Å². The monoisotopic (exact) mass is 253 g/mol. The number of rotatable bonds is 4. The minimum absolute atomic E-state index is 0.537. The van der Waals surface area contributed by atoms with Gasteiger partial charge >= 0.3 is 0 Å². The highest BCUT2D eigenvalue weighted by Gasteiger charge is 2.06. The quantitative estimate of drug-likeness (QED) is 0.756. The van der Waals surface area contributed by atoms with Gasteiger partial charge in [-0.25, -0.2) is 0 Å². The first kappa shape index (κ1) is 12.2. The van der Waals surface area contributed by atoms with Gasteiger partial charge in [-0.3, -0.25) is 0 Å². The molecule has 3 rings (SSSR count). The Hall–Kier alpha value is -1.80. The van der Waals surface area contributed by atoms with Gasteiger partial charge < -0.3 is 9.73 Å². The first-order valence-electron chi connectivity index (χ1n) is 6.87. The molecule has 0 fully saturated rings. The molecular weight excluding hydrogens is 234 g/mol. The van der Waals surface area contributed by atoms with E-state index in [4.69, 9.17) is 4.42 Å². The van der Waals surface area contributed by atoms with E-state index in [1.165, 1.54) is 16.3 Å². The minimum Gasteiger partial charge on any atom is -0.456 e. The molecule has 98 valence electrons. The number of furan rings is 1. The van der Waals surface area contributed by atoms with Crippen molar-refractivity contribution in [2.45, 2.75) is 26.3 Å². The van der Waals surface area contributed by atoms with Crippen LogP contribution in [0.5, 0.6) is 0 Å². The second-order valence-corrected chi connectivity index (χ2v) is 5.29. The lowest BCUT2D eigenvalue weighted by molar-refractivity contribution is 0.590. The molecule has 0 unspecified atom stereocenters. The van der Waals surface area contributed by atoms with Crippen LogP contribution in [0.1, 0.15) is 19.4 Å². The summed E-state index contributed by atoms with van der Waals surface area (Å²) in [4.78, 5) is 0. The summed E-state index contributed by atoms with van der Waals surface area (Å²) in [6.07, 6.45) is 1.03. The zero-order chi connectivity index (χ0) is 13.2. The SMILES string of the molecule is CC(C)NCCc1ccc2c(c1)oc1ccccc12. The van der Waals surface area contributed by atoms with Gasteiger partial charge in [0.05, 0.1) is 0 Å². The van der Waals surface area contributed by atoms with Crippen molar-refractivity contribution in [3.8, 4) is 0 Å². The zero-order valence-corrected chi connectivity index (χ0v) is 11.4. The lowest BCUT2D eigenvalue weighted by Gasteiger charge is -2.07. The Morgan fingerprint density at radius 2 is 1.79 bits per heavy atom. The molecule has 0 aliphatic carbocycles. The molecule has 0 bridgehead atoms. The first-order valence-corrected chi connectivity index (χ1v) is 6.87. The van der Waals surface area contributed by atoms with Crippen molar-refractivity contribution in [2.75, 3.05) is 6.54 Å². The Kier molecular flexibility index (Phi) is 3.26. The highest BCUT2D eigenvalue weighted by Crippen LogP contribution is 2.28. The van der Waals surface area contributed by atoms with Crippen molar-refractivity contribution in [1.29, 1.82) is 0 Å². The third-order valence-electron chi connectivity index (χ3n) is 3.41. The molecule has 19 heavy (non-hydrogen) atoms. The van der Waals surface area contributed by atoms with Gasteiger partial charge in [0.2, 0.25) is 0 Å². The summed E-state index contributed by atoms with van der Waals surface area (Å²) in [6.45, 7) is 5.34. The molecule has 0 radical (unpaired) electrons. The van der Waals surface area contributed by atoms with Gasteiger partial charge in [0.15, 0.2) is 0 Å². The van der Waals surface area contributed by atoms with E-state index in [0.717, 1.165) is 24.1 Å². The van der Waals surface area contributed by atoms with Gasteiger partial charge in [-0.05, 0) is 30.7 Å². The number of hydrogen-bond donors (Lipinski definition) is 1. The predicted molar refractivity (Wildman–Crippen MR) is 80.6 cm³/mol. The fraction of sp³-hybridized carbons (Fsp3) is 0.294. The molecule has 1 heterocycles. The maximum Gasteiger partial charge on any atom is 0.135 e. The fourth-order valence-electron chi connectivity index (χ4n) is 2.43. The number of fused-ring (bicyclic) bond motifs is 3. The summed E-state index contributed by atoms with van der Waals surface area (Å²) in [7, 11) is 0. The molecule has 3 aromatic rings. The number of para-hydroxylation sites is 1. The van der Waals surface area contributed by atoms with E-state index in [9.17, 15) is 0 Å². The molecule has 2 nitrogen and oxygen atoms in total. The lowest BCUT2D eigenvalue weighted by atomic mass is 10.1.